The SMILES string of the molecule is O=C(/C=C/c1ccc(O)c([N+](=O)[O-])c1)/C=C/c1ccc(O)c([N+](=O)[O-])c1. The summed E-state index contributed by atoms with van der Waals surface area (Å²) in [5.74, 6) is -1.42. The molecule has 0 saturated carbocycles. The van der Waals surface area contributed by atoms with Crippen LogP contribution in [0.2, 0.25) is 0 Å². The second-order valence-corrected chi connectivity index (χ2v) is 5.08. The summed E-state index contributed by atoms with van der Waals surface area (Å²) in [7, 11) is 0. The molecular weight excluding hydrogens is 344 g/mol. The number of allylic oxidation sites excluding steroid dienone is 2. The van der Waals surface area contributed by atoms with Crippen LogP contribution in [0.5, 0.6) is 11.5 Å². The maximum absolute atomic E-state index is 11.8. The molecule has 0 aliphatic carbocycles. The summed E-state index contributed by atoms with van der Waals surface area (Å²) in [6.07, 6.45) is 4.97. The molecule has 0 fully saturated rings. The van der Waals surface area contributed by atoms with Crippen LogP contribution in [-0.4, -0.2) is 25.8 Å². The average Bonchev–Trinajstić information content (AvgIpc) is 2.59. The number of nitro benzene ring substituents is 2. The number of hydrogen-bond donors (Lipinski definition) is 2. The van der Waals surface area contributed by atoms with Gasteiger partial charge in [-0.25, -0.2) is 0 Å². The predicted octanol–water partition coefficient (Wildman–Crippen LogP) is 3.21. The molecule has 0 bridgehead atoms. The molecule has 0 radical (unpaired) electrons. The van der Waals surface area contributed by atoms with E-state index in [2.05, 4.69) is 0 Å². The first-order valence-electron chi connectivity index (χ1n) is 7.13. The van der Waals surface area contributed by atoms with Crippen molar-refractivity contribution in [1.29, 1.82) is 0 Å². The van der Waals surface area contributed by atoms with Crippen molar-refractivity contribution in [3.8, 4) is 11.5 Å². The largest absolute Gasteiger partial charge is 0.502 e. The molecular formula is C17H12N2O7. The fourth-order valence-corrected chi connectivity index (χ4v) is 1.99. The van der Waals surface area contributed by atoms with Crippen LogP contribution in [0.3, 0.4) is 0 Å². The van der Waals surface area contributed by atoms with Gasteiger partial charge >= 0.3 is 11.4 Å². The summed E-state index contributed by atoms with van der Waals surface area (Å²) in [6, 6.07) is 7.33. The van der Waals surface area contributed by atoms with E-state index in [1.165, 1.54) is 24.3 Å². The minimum absolute atomic E-state index is 0.344. The number of carbonyl (C=O) groups excluding carboxylic acids is 1. The van der Waals surface area contributed by atoms with Gasteiger partial charge in [-0.2, -0.15) is 0 Å². The molecule has 0 spiro atoms. The second-order valence-electron chi connectivity index (χ2n) is 5.08. The van der Waals surface area contributed by atoms with Gasteiger partial charge in [-0.05, 0) is 35.4 Å². The third-order valence-electron chi connectivity index (χ3n) is 3.27. The summed E-state index contributed by atoms with van der Waals surface area (Å²) >= 11 is 0. The van der Waals surface area contributed by atoms with Crippen molar-refractivity contribution in [1.82, 2.24) is 0 Å². The van der Waals surface area contributed by atoms with E-state index in [1.54, 1.807) is 0 Å². The van der Waals surface area contributed by atoms with Gasteiger partial charge < -0.3 is 10.2 Å². The maximum Gasteiger partial charge on any atom is 0.311 e. The molecule has 0 heterocycles. The highest BCUT2D eigenvalue weighted by Crippen LogP contribution is 2.27. The van der Waals surface area contributed by atoms with E-state index in [4.69, 9.17) is 0 Å². The van der Waals surface area contributed by atoms with Crippen LogP contribution in [0.25, 0.3) is 12.2 Å². The lowest BCUT2D eigenvalue weighted by atomic mass is 10.1. The zero-order valence-electron chi connectivity index (χ0n) is 13.1. The minimum Gasteiger partial charge on any atom is -0.502 e. The van der Waals surface area contributed by atoms with E-state index in [0.717, 1.165) is 36.4 Å². The summed E-state index contributed by atoms with van der Waals surface area (Å²) in [5, 5.41) is 40.2. The standard InChI is InChI=1S/C17H12N2O7/c20-13(5-1-11-3-7-16(21)14(9-11)18(23)24)6-2-12-4-8-17(22)15(10-12)19(25)26/h1-10,21-22H/b5-1+,6-2+. The predicted molar refractivity (Wildman–Crippen MR) is 92.6 cm³/mol. The van der Waals surface area contributed by atoms with E-state index >= 15 is 0 Å². The first-order chi connectivity index (χ1) is 12.3. The Kier molecular flexibility index (Phi) is 5.43. The maximum atomic E-state index is 11.8. The van der Waals surface area contributed by atoms with Gasteiger partial charge in [0.1, 0.15) is 0 Å². The van der Waals surface area contributed by atoms with Crippen LogP contribution in [0.1, 0.15) is 11.1 Å². The van der Waals surface area contributed by atoms with E-state index in [0.29, 0.717) is 11.1 Å². The van der Waals surface area contributed by atoms with Crippen LogP contribution in [0, 0.1) is 20.2 Å². The van der Waals surface area contributed by atoms with Crippen molar-refractivity contribution in [2.45, 2.75) is 0 Å². The van der Waals surface area contributed by atoms with Crippen LogP contribution < -0.4 is 0 Å². The normalized spacial score (nSPS) is 11.1. The molecule has 9 nitrogen and oxygen atoms in total. The molecule has 132 valence electrons. The number of carbonyl (C=O) groups is 1. The van der Waals surface area contributed by atoms with Crippen molar-refractivity contribution in [2.24, 2.45) is 0 Å². The average molecular weight is 356 g/mol. The molecule has 0 saturated heterocycles. The number of ketones is 1. The molecule has 0 aliphatic heterocycles. The number of hydrogen-bond acceptors (Lipinski definition) is 7. The zero-order chi connectivity index (χ0) is 19.3. The Morgan fingerprint density at radius 3 is 1.54 bits per heavy atom. The summed E-state index contributed by atoms with van der Waals surface area (Å²) in [6.45, 7) is 0. The van der Waals surface area contributed by atoms with Gasteiger partial charge in [0.2, 0.25) is 0 Å². The fourth-order valence-electron chi connectivity index (χ4n) is 1.99. The lowest BCUT2D eigenvalue weighted by Gasteiger charge is -1.98. The number of nitro groups is 2. The highest BCUT2D eigenvalue weighted by molar-refractivity contribution is 6.04. The van der Waals surface area contributed by atoms with Crippen molar-refractivity contribution < 1.29 is 24.9 Å². The quantitative estimate of drug-likeness (QED) is 0.459. The Balaban J connectivity index is 2.13. The van der Waals surface area contributed by atoms with Crippen molar-refractivity contribution >= 4 is 29.3 Å². The van der Waals surface area contributed by atoms with Gasteiger partial charge in [-0.3, -0.25) is 25.0 Å². The summed E-state index contributed by atoms with van der Waals surface area (Å²) < 4.78 is 0. The topological polar surface area (TPSA) is 144 Å². The van der Waals surface area contributed by atoms with E-state index in [-0.39, 0.29) is 0 Å². The van der Waals surface area contributed by atoms with Gasteiger partial charge in [0.15, 0.2) is 17.3 Å². The van der Waals surface area contributed by atoms with Gasteiger partial charge in [-0.15, -0.1) is 0 Å². The molecule has 0 unspecified atom stereocenters. The van der Waals surface area contributed by atoms with Crippen LogP contribution in [-0.2, 0) is 4.79 Å². The van der Waals surface area contributed by atoms with Crippen LogP contribution in [0.4, 0.5) is 11.4 Å². The van der Waals surface area contributed by atoms with Crippen molar-refractivity contribution in [3.63, 3.8) is 0 Å². The lowest BCUT2D eigenvalue weighted by molar-refractivity contribution is -0.386. The molecule has 0 aliphatic rings. The highest BCUT2D eigenvalue weighted by Gasteiger charge is 2.13. The second kappa shape index (κ2) is 7.71. The van der Waals surface area contributed by atoms with E-state index < -0.39 is 38.5 Å². The van der Waals surface area contributed by atoms with E-state index in [1.807, 2.05) is 0 Å². The summed E-state index contributed by atoms with van der Waals surface area (Å²) in [5.41, 5.74) is -0.272. The van der Waals surface area contributed by atoms with E-state index in [9.17, 15) is 35.2 Å². The highest BCUT2D eigenvalue weighted by atomic mass is 16.6. The molecule has 2 aromatic carbocycles. The Morgan fingerprint density at radius 1 is 0.808 bits per heavy atom. The Labute approximate surface area is 146 Å². The number of phenols is 2. The van der Waals surface area contributed by atoms with Crippen LogP contribution >= 0.6 is 0 Å². The molecule has 9 heteroatoms. The third-order valence-corrected chi connectivity index (χ3v) is 3.27. The fraction of sp³-hybridized carbons (Fsp3) is 0. The van der Waals surface area contributed by atoms with Crippen molar-refractivity contribution in [2.75, 3.05) is 0 Å². The van der Waals surface area contributed by atoms with Gasteiger partial charge in [0, 0.05) is 12.1 Å². The monoisotopic (exact) mass is 356 g/mol. The van der Waals surface area contributed by atoms with Gasteiger partial charge in [0.25, 0.3) is 0 Å². The Morgan fingerprint density at radius 2 is 1.19 bits per heavy atom. The first kappa shape index (κ1) is 18.3. The molecule has 2 aromatic rings. The molecule has 26 heavy (non-hydrogen) atoms. The number of benzene rings is 2. The molecule has 0 atom stereocenters. The smallest absolute Gasteiger partial charge is 0.311 e. The van der Waals surface area contributed by atoms with Crippen molar-refractivity contribution in [3.05, 3.63) is 79.9 Å². The Hall–Kier alpha value is -4.01. The molecule has 2 rings (SSSR count). The Bertz CT molecular complexity index is 873. The number of rotatable bonds is 6. The molecule has 2 N–H and O–H groups in total. The number of phenolic OH excluding ortho intramolecular Hbond substituents is 2. The summed E-state index contributed by atoms with van der Waals surface area (Å²) in [4.78, 5) is 31.8. The molecule has 0 aromatic heterocycles. The van der Waals surface area contributed by atoms with Crippen LogP contribution in [0.15, 0.2) is 48.6 Å². The lowest BCUT2D eigenvalue weighted by Crippen LogP contribution is -1.90. The minimum atomic E-state index is -0.744. The third kappa shape index (κ3) is 4.51. The molecule has 0 amide bonds. The first-order valence-corrected chi connectivity index (χ1v) is 7.13. The van der Waals surface area contributed by atoms with Gasteiger partial charge in [0.05, 0.1) is 9.85 Å². The number of aromatic hydroxyl groups is 2. The zero-order valence-corrected chi connectivity index (χ0v) is 13.1. The number of nitrogens with zero attached hydrogens (tertiary/aromatic N) is 2. The van der Waals surface area contributed by atoms with Gasteiger partial charge in [-0.1, -0.05) is 24.3 Å².